The van der Waals surface area contributed by atoms with Gasteiger partial charge in [-0.25, -0.2) is 0 Å². The molecule has 2 saturated heterocycles. The number of aliphatic hydroxyl groups is 1. The zero-order chi connectivity index (χ0) is 13.3. The molecule has 0 radical (unpaired) electrons. The Bertz CT molecular complexity index is 363. The van der Waals surface area contributed by atoms with Crippen LogP contribution in [-0.2, 0) is 19.0 Å². The predicted molar refractivity (Wildman–Crippen MR) is 62.6 cm³/mol. The molecule has 0 spiro atoms. The number of nitrogens with one attached hydrogen (secondary N) is 1. The highest BCUT2D eigenvalue weighted by Gasteiger charge is 2.40. The van der Waals surface area contributed by atoms with E-state index in [1.807, 2.05) is 13.8 Å². The number of hydrogen-bond donors (Lipinski definition) is 2. The Balaban J connectivity index is 1.97. The van der Waals surface area contributed by atoms with Gasteiger partial charge in [-0.15, -0.1) is 0 Å². The molecule has 6 nitrogen and oxygen atoms in total. The van der Waals surface area contributed by atoms with Crippen molar-refractivity contribution in [2.24, 2.45) is 0 Å². The standard InChI is InChI=1S/C12H19NO5/c1-6(2)10-11(15)13-12(10)18-9-5-16-7(3)17-8(9)4-14/h7-9,12,14H,4-5H2,1-3H3,(H,13,15)/t7-,8+,9+,12?/m0/s1. The summed E-state index contributed by atoms with van der Waals surface area (Å²) in [5, 5.41) is 11.9. The summed E-state index contributed by atoms with van der Waals surface area (Å²) in [6, 6.07) is 0. The smallest absolute Gasteiger partial charge is 0.253 e. The number of allylic oxidation sites excluding steroid dienone is 1. The van der Waals surface area contributed by atoms with Crippen LogP contribution in [-0.4, -0.2) is 49.0 Å². The molecule has 0 aliphatic carbocycles. The van der Waals surface area contributed by atoms with Gasteiger partial charge in [0, 0.05) is 0 Å². The second kappa shape index (κ2) is 5.36. The van der Waals surface area contributed by atoms with Crippen LogP contribution in [0, 0.1) is 0 Å². The number of carbonyl (C=O) groups excluding carboxylic acids is 1. The largest absolute Gasteiger partial charge is 0.394 e. The molecule has 1 unspecified atom stereocenters. The van der Waals surface area contributed by atoms with Crippen molar-refractivity contribution in [2.75, 3.05) is 13.2 Å². The lowest BCUT2D eigenvalue weighted by Crippen LogP contribution is -2.58. The Labute approximate surface area is 106 Å². The Morgan fingerprint density at radius 2 is 2.28 bits per heavy atom. The van der Waals surface area contributed by atoms with Gasteiger partial charge >= 0.3 is 0 Å². The number of ether oxygens (including phenoxy) is 3. The molecule has 0 aromatic heterocycles. The molecule has 2 aliphatic heterocycles. The third kappa shape index (κ3) is 2.56. The second-order valence-electron chi connectivity index (χ2n) is 4.70. The zero-order valence-corrected chi connectivity index (χ0v) is 10.8. The zero-order valence-electron chi connectivity index (χ0n) is 10.8. The van der Waals surface area contributed by atoms with Crippen molar-refractivity contribution >= 4 is 5.91 Å². The summed E-state index contributed by atoms with van der Waals surface area (Å²) in [5.74, 6) is -0.105. The minimum Gasteiger partial charge on any atom is -0.394 e. The number of β-lactam (4-membered cyclic amide) rings is 1. The van der Waals surface area contributed by atoms with Crippen LogP contribution in [0.3, 0.4) is 0 Å². The summed E-state index contributed by atoms with van der Waals surface area (Å²) < 4.78 is 16.5. The van der Waals surface area contributed by atoms with Gasteiger partial charge in [-0.1, -0.05) is 5.57 Å². The highest BCUT2D eigenvalue weighted by molar-refractivity contribution is 6.01. The molecule has 1 amide bonds. The maximum absolute atomic E-state index is 11.4. The monoisotopic (exact) mass is 257 g/mol. The van der Waals surface area contributed by atoms with Gasteiger partial charge in [0.25, 0.3) is 5.91 Å². The fraction of sp³-hybridized carbons (Fsp3) is 0.750. The van der Waals surface area contributed by atoms with E-state index in [1.54, 1.807) is 6.92 Å². The lowest BCUT2D eigenvalue weighted by Gasteiger charge is -2.39. The van der Waals surface area contributed by atoms with E-state index in [-0.39, 0.29) is 24.9 Å². The van der Waals surface area contributed by atoms with Crippen molar-refractivity contribution in [3.63, 3.8) is 0 Å². The minimum absolute atomic E-state index is 0.105. The second-order valence-corrected chi connectivity index (χ2v) is 4.70. The van der Waals surface area contributed by atoms with Crippen molar-refractivity contribution in [3.8, 4) is 0 Å². The summed E-state index contributed by atoms with van der Waals surface area (Å²) in [5.41, 5.74) is 1.57. The van der Waals surface area contributed by atoms with E-state index in [4.69, 9.17) is 14.2 Å². The van der Waals surface area contributed by atoms with Crippen LogP contribution in [0.2, 0.25) is 0 Å². The first kappa shape index (κ1) is 13.5. The molecule has 0 saturated carbocycles. The van der Waals surface area contributed by atoms with E-state index in [2.05, 4.69) is 5.32 Å². The fourth-order valence-corrected chi connectivity index (χ4v) is 2.07. The quantitative estimate of drug-likeness (QED) is 0.546. The summed E-state index contributed by atoms with van der Waals surface area (Å²) in [6.45, 7) is 5.71. The minimum atomic E-state index is -0.429. The first-order chi connectivity index (χ1) is 8.52. The van der Waals surface area contributed by atoms with Crippen LogP contribution < -0.4 is 5.32 Å². The van der Waals surface area contributed by atoms with Crippen LogP contribution >= 0.6 is 0 Å². The van der Waals surface area contributed by atoms with Crippen molar-refractivity contribution in [1.82, 2.24) is 5.32 Å². The molecule has 0 aromatic rings. The van der Waals surface area contributed by atoms with Crippen molar-refractivity contribution in [1.29, 1.82) is 0 Å². The molecule has 18 heavy (non-hydrogen) atoms. The van der Waals surface area contributed by atoms with Gasteiger partial charge in [0.15, 0.2) is 12.5 Å². The normalized spacial score (nSPS) is 36.0. The molecule has 2 fully saturated rings. The molecule has 4 atom stereocenters. The number of hydrogen-bond acceptors (Lipinski definition) is 5. The molecule has 0 aromatic carbocycles. The van der Waals surface area contributed by atoms with E-state index >= 15 is 0 Å². The average molecular weight is 257 g/mol. The predicted octanol–water partition coefficient (Wildman–Crippen LogP) is -0.0824. The molecular formula is C12H19NO5. The molecule has 2 heterocycles. The Morgan fingerprint density at radius 1 is 1.56 bits per heavy atom. The van der Waals surface area contributed by atoms with Crippen LogP contribution in [0.4, 0.5) is 0 Å². The van der Waals surface area contributed by atoms with Gasteiger partial charge in [0.2, 0.25) is 0 Å². The Hall–Kier alpha value is -0.950. The van der Waals surface area contributed by atoms with Crippen LogP contribution in [0.15, 0.2) is 11.1 Å². The number of amides is 1. The van der Waals surface area contributed by atoms with Crippen LogP contribution in [0.1, 0.15) is 20.8 Å². The SMILES string of the molecule is CC(C)=C1C(=O)NC1O[C@@H]1CO[C@H](C)O[C@@H]1CO. The Morgan fingerprint density at radius 3 is 2.83 bits per heavy atom. The van der Waals surface area contributed by atoms with Gasteiger partial charge in [-0.2, -0.15) is 0 Å². The van der Waals surface area contributed by atoms with E-state index in [0.29, 0.717) is 12.2 Å². The summed E-state index contributed by atoms with van der Waals surface area (Å²) >= 11 is 0. The number of aliphatic hydroxyl groups excluding tert-OH is 1. The first-order valence-electron chi connectivity index (χ1n) is 6.04. The highest BCUT2D eigenvalue weighted by Crippen LogP contribution is 2.24. The molecule has 6 heteroatoms. The summed E-state index contributed by atoms with van der Waals surface area (Å²) in [6.07, 6.45) is -1.58. The topological polar surface area (TPSA) is 77.0 Å². The van der Waals surface area contributed by atoms with Crippen molar-refractivity contribution in [2.45, 2.75) is 45.5 Å². The molecule has 0 bridgehead atoms. The lowest BCUT2D eigenvalue weighted by molar-refractivity contribution is -0.268. The Kier molecular flexibility index (Phi) is 4.01. The van der Waals surface area contributed by atoms with Gasteiger partial charge in [-0.05, 0) is 20.8 Å². The molecule has 2 aliphatic rings. The molecule has 2 N–H and O–H groups in total. The maximum atomic E-state index is 11.4. The van der Waals surface area contributed by atoms with E-state index in [9.17, 15) is 9.90 Å². The van der Waals surface area contributed by atoms with E-state index in [0.717, 1.165) is 5.57 Å². The van der Waals surface area contributed by atoms with E-state index in [1.165, 1.54) is 0 Å². The highest BCUT2D eigenvalue weighted by atomic mass is 16.7. The lowest BCUT2D eigenvalue weighted by atomic mass is 10.0. The fourth-order valence-electron chi connectivity index (χ4n) is 2.07. The third-order valence-corrected chi connectivity index (χ3v) is 3.07. The summed E-state index contributed by atoms with van der Waals surface area (Å²) in [7, 11) is 0. The van der Waals surface area contributed by atoms with Crippen molar-refractivity contribution in [3.05, 3.63) is 11.1 Å². The van der Waals surface area contributed by atoms with Crippen LogP contribution in [0.25, 0.3) is 0 Å². The summed E-state index contributed by atoms with van der Waals surface area (Å²) in [4.78, 5) is 11.4. The molecular weight excluding hydrogens is 238 g/mol. The first-order valence-corrected chi connectivity index (χ1v) is 6.04. The maximum Gasteiger partial charge on any atom is 0.253 e. The molecule has 2 rings (SSSR count). The van der Waals surface area contributed by atoms with Crippen molar-refractivity contribution < 1.29 is 24.1 Å². The number of rotatable bonds is 3. The average Bonchev–Trinajstić information content (AvgIpc) is 2.29. The number of carbonyl (C=O) groups is 1. The molecule has 102 valence electrons. The van der Waals surface area contributed by atoms with Gasteiger partial charge in [0.1, 0.15) is 12.2 Å². The van der Waals surface area contributed by atoms with Gasteiger partial charge in [0.05, 0.1) is 18.8 Å². The van der Waals surface area contributed by atoms with Gasteiger partial charge < -0.3 is 24.6 Å². The van der Waals surface area contributed by atoms with Gasteiger partial charge in [-0.3, -0.25) is 4.79 Å². The van der Waals surface area contributed by atoms with Crippen LogP contribution in [0.5, 0.6) is 0 Å². The van der Waals surface area contributed by atoms with E-state index < -0.39 is 12.3 Å². The third-order valence-electron chi connectivity index (χ3n) is 3.07.